The molecule has 1 aliphatic heterocycles. The molecule has 0 aromatic heterocycles. The molecule has 0 spiro atoms. The Morgan fingerprint density at radius 1 is 1.02 bits per heavy atom. The van der Waals surface area contributed by atoms with Gasteiger partial charge in [0.2, 0.25) is 5.91 Å². The van der Waals surface area contributed by atoms with E-state index in [4.69, 9.17) is 9.47 Å². The minimum absolute atomic E-state index is 0.0938. The molecule has 0 bridgehead atoms. The number of piperidine rings is 1. The van der Waals surface area contributed by atoms with Crippen LogP contribution in [0.3, 0.4) is 0 Å². The zero-order valence-electron chi connectivity index (χ0n) is 23.9. The molecule has 1 aliphatic rings. The number of hydrogen-bond acceptors (Lipinski definition) is 6. The quantitative estimate of drug-likeness (QED) is 0.358. The van der Waals surface area contributed by atoms with Crippen molar-refractivity contribution in [3.05, 3.63) is 77.9 Å². The zero-order valence-corrected chi connectivity index (χ0v) is 24.7. The van der Waals surface area contributed by atoms with E-state index in [1.165, 1.54) is 32.7 Å². The second-order valence-electron chi connectivity index (χ2n) is 10.4. The number of nitrogens with zero attached hydrogens (tertiary/aromatic N) is 2. The molecular formula is C31H39N3O5S. The SMILES string of the molecule is COc1ccc(N(CC(=O)NC(C)c2ccc(N3CCCC(C)C3)cc2)S(=O)(=O)c2ccc(C)cc2)cc1OC. The van der Waals surface area contributed by atoms with Crippen molar-refractivity contribution in [2.24, 2.45) is 5.92 Å². The van der Waals surface area contributed by atoms with Gasteiger partial charge < -0.3 is 19.7 Å². The fourth-order valence-electron chi connectivity index (χ4n) is 5.03. The van der Waals surface area contributed by atoms with Crippen molar-refractivity contribution in [1.82, 2.24) is 5.32 Å². The van der Waals surface area contributed by atoms with Crippen LogP contribution in [-0.2, 0) is 14.8 Å². The van der Waals surface area contributed by atoms with Crippen molar-refractivity contribution in [3.63, 3.8) is 0 Å². The highest BCUT2D eigenvalue weighted by Crippen LogP contribution is 2.34. The number of anilines is 2. The van der Waals surface area contributed by atoms with Crippen LogP contribution in [0.25, 0.3) is 0 Å². The first kappa shape index (κ1) is 29.3. The molecular weight excluding hydrogens is 526 g/mol. The van der Waals surface area contributed by atoms with Crippen LogP contribution in [0.5, 0.6) is 11.5 Å². The van der Waals surface area contributed by atoms with E-state index in [-0.39, 0.29) is 10.9 Å². The fraction of sp³-hybridized carbons (Fsp3) is 0.387. The second-order valence-corrected chi connectivity index (χ2v) is 12.3. The summed E-state index contributed by atoms with van der Waals surface area (Å²) in [5.74, 6) is 1.07. The smallest absolute Gasteiger partial charge is 0.264 e. The van der Waals surface area contributed by atoms with Crippen LogP contribution in [0.2, 0.25) is 0 Å². The van der Waals surface area contributed by atoms with E-state index in [0.717, 1.165) is 28.5 Å². The Labute approximate surface area is 238 Å². The number of nitrogens with one attached hydrogen (secondary N) is 1. The lowest BCUT2D eigenvalue weighted by atomic mass is 9.99. The lowest BCUT2D eigenvalue weighted by Crippen LogP contribution is -2.41. The lowest BCUT2D eigenvalue weighted by Gasteiger charge is -2.33. The van der Waals surface area contributed by atoms with Gasteiger partial charge in [0, 0.05) is 24.8 Å². The molecule has 40 heavy (non-hydrogen) atoms. The van der Waals surface area contributed by atoms with Crippen molar-refractivity contribution in [3.8, 4) is 11.5 Å². The number of benzene rings is 3. The molecule has 3 aromatic carbocycles. The van der Waals surface area contributed by atoms with Crippen molar-refractivity contribution < 1.29 is 22.7 Å². The molecule has 2 unspecified atom stereocenters. The Morgan fingerprint density at radius 3 is 2.33 bits per heavy atom. The third-order valence-corrected chi connectivity index (χ3v) is 9.13. The van der Waals surface area contributed by atoms with E-state index < -0.39 is 22.5 Å². The number of aryl methyl sites for hydroxylation is 1. The monoisotopic (exact) mass is 565 g/mol. The number of sulfonamides is 1. The van der Waals surface area contributed by atoms with E-state index in [9.17, 15) is 13.2 Å². The minimum Gasteiger partial charge on any atom is -0.493 e. The van der Waals surface area contributed by atoms with Gasteiger partial charge in [-0.2, -0.15) is 0 Å². The van der Waals surface area contributed by atoms with Crippen LogP contribution in [0, 0.1) is 12.8 Å². The third kappa shape index (κ3) is 6.70. The maximum absolute atomic E-state index is 13.8. The molecule has 1 fully saturated rings. The summed E-state index contributed by atoms with van der Waals surface area (Å²) < 4.78 is 39.3. The predicted molar refractivity (Wildman–Crippen MR) is 159 cm³/mol. The van der Waals surface area contributed by atoms with Gasteiger partial charge in [0.15, 0.2) is 11.5 Å². The van der Waals surface area contributed by atoms with Crippen LogP contribution >= 0.6 is 0 Å². The van der Waals surface area contributed by atoms with E-state index in [0.29, 0.717) is 23.1 Å². The summed E-state index contributed by atoms with van der Waals surface area (Å²) in [4.78, 5) is 15.8. The van der Waals surface area contributed by atoms with Crippen molar-refractivity contribution in [2.75, 3.05) is 43.1 Å². The van der Waals surface area contributed by atoms with E-state index in [1.54, 1.807) is 42.5 Å². The lowest BCUT2D eigenvalue weighted by molar-refractivity contribution is -0.120. The second kappa shape index (κ2) is 12.6. The first-order valence-corrected chi connectivity index (χ1v) is 15.0. The highest BCUT2D eigenvalue weighted by Gasteiger charge is 2.29. The molecule has 2 atom stereocenters. The number of rotatable bonds is 10. The summed E-state index contributed by atoms with van der Waals surface area (Å²) in [6.07, 6.45) is 2.45. The van der Waals surface area contributed by atoms with Gasteiger partial charge >= 0.3 is 0 Å². The van der Waals surface area contributed by atoms with Gasteiger partial charge in [0.05, 0.1) is 30.8 Å². The summed E-state index contributed by atoms with van der Waals surface area (Å²) in [5.41, 5.74) is 3.35. The van der Waals surface area contributed by atoms with E-state index in [2.05, 4.69) is 29.3 Å². The van der Waals surface area contributed by atoms with Crippen molar-refractivity contribution in [1.29, 1.82) is 0 Å². The van der Waals surface area contributed by atoms with E-state index in [1.807, 2.05) is 26.0 Å². The normalized spacial score (nSPS) is 16.2. The molecule has 3 aromatic rings. The number of hydrogen-bond donors (Lipinski definition) is 1. The van der Waals surface area contributed by atoms with Gasteiger partial charge in [0.1, 0.15) is 6.54 Å². The van der Waals surface area contributed by atoms with Gasteiger partial charge in [-0.05, 0) is 74.6 Å². The molecule has 1 N–H and O–H groups in total. The first-order chi connectivity index (χ1) is 19.1. The molecule has 0 radical (unpaired) electrons. The fourth-order valence-corrected chi connectivity index (χ4v) is 6.44. The number of carbonyl (C=O) groups excluding carboxylic acids is 1. The highest BCUT2D eigenvalue weighted by atomic mass is 32.2. The summed E-state index contributed by atoms with van der Waals surface area (Å²) in [7, 11) is -1.08. The van der Waals surface area contributed by atoms with Gasteiger partial charge in [0.25, 0.3) is 10.0 Å². The van der Waals surface area contributed by atoms with Crippen LogP contribution in [0.15, 0.2) is 71.6 Å². The highest BCUT2D eigenvalue weighted by molar-refractivity contribution is 7.92. The van der Waals surface area contributed by atoms with Crippen LogP contribution in [0.1, 0.15) is 43.9 Å². The third-order valence-electron chi connectivity index (χ3n) is 7.34. The van der Waals surface area contributed by atoms with Gasteiger partial charge in [-0.25, -0.2) is 8.42 Å². The Bertz CT molecular complexity index is 1410. The Morgan fingerprint density at radius 2 is 1.70 bits per heavy atom. The number of amides is 1. The van der Waals surface area contributed by atoms with Gasteiger partial charge in [-0.3, -0.25) is 9.10 Å². The molecule has 214 valence electrons. The molecule has 8 nitrogen and oxygen atoms in total. The van der Waals surface area contributed by atoms with Crippen molar-refractivity contribution >= 4 is 27.3 Å². The predicted octanol–water partition coefficient (Wildman–Crippen LogP) is 5.32. The van der Waals surface area contributed by atoms with Gasteiger partial charge in [-0.15, -0.1) is 0 Å². The molecule has 0 aliphatic carbocycles. The summed E-state index contributed by atoms with van der Waals surface area (Å²) in [6.45, 7) is 7.76. The Kier molecular flexibility index (Phi) is 9.25. The van der Waals surface area contributed by atoms with E-state index >= 15 is 0 Å². The molecule has 0 saturated carbocycles. The van der Waals surface area contributed by atoms with Crippen LogP contribution in [0.4, 0.5) is 11.4 Å². The minimum atomic E-state index is -4.06. The molecule has 4 rings (SSSR count). The molecule has 9 heteroatoms. The molecule has 1 saturated heterocycles. The number of carbonyl (C=O) groups is 1. The average Bonchev–Trinajstić information content (AvgIpc) is 2.95. The Balaban J connectivity index is 1.55. The summed E-state index contributed by atoms with van der Waals surface area (Å²) in [5, 5.41) is 2.97. The zero-order chi connectivity index (χ0) is 28.9. The number of ether oxygens (including phenoxy) is 2. The largest absolute Gasteiger partial charge is 0.493 e. The van der Waals surface area contributed by atoms with Gasteiger partial charge in [-0.1, -0.05) is 36.8 Å². The Hall–Kier alpha value is -3.72. The average molecular weight is 566 g/mol. The topological polar surface area (TPSA) is 88.2 Å². The van der Waals surface area contributed by atoms with Crippen LogP contribution in [-0.4, -0.2) is 48.2 Å². The molecule has 1 heterocycles. The van der Waals surface area contributed by atoms with Crippen LogP contribution < -0.4 is 24.0 Å². The summed E-state index contributed by atoms with van der Waals surface area (Å²) >= 11 is 0. The first-order valence-electron chi connectivity index (χ1n) is 13.6. The maximum atomic E-state index is 13.8. The molecule has 1 amide bonds. The standard InChI is InChI=1S/C31H39N3O5S/c1-22-8-15-28(16-9-22)40(36,37)34(27-14-17-29(38-4)30(19-27)39-5)21-31(35)32-24(3)25-10-12-26(13-11-25)33-18-6-7-23(2)20-33/h8-17,19,23-24H,6-7,18,20-21H2,1-5H3,(H,32,35). The maximum Gasteiger partial charge on any atom is 0.264 e. The summed E-state index contributed by atoms with van der Waals surface area (Å²) in [6, 6.07) is 19.3. The number of methoxy groups -OCH3 is 2. The van der Waals surface area contributed by atoms with Crippen molar-refractivity contribution in [2.45, 2.75) is 44.6 Å².